The quantitative estimate of drug-likeness (QED) is 0.0296. The molecule has 0 aromatic heterocycles. The maximum Gasteiger partial charge on any atom is 0.326 e. The Morgan fingerprint density at radius 1 is 0.641 bits per heavy atom. The maximum atomic E-state index is 13.8. The van der Waals surface area contributed by atoms with E-state index in [9.17, 15) is 53.4 Å². The van der Waals surface area contributed by atoms with Gasteiger partial charge >= 0.3 is 5.97 Å². The Morgan fingerprint density at radius 2 is 1.16 bits per heavy atom. The van der Waals surface area contributed by atoms with Crippen molar-refractivity contribution in [1.82, 2.24) is 42.1 Å². The molecule has 1 saturated heterocycles. The van der Waals surface area contributed by atoms with E-state index in [1.165, 1.54) is 18.7 Å². The summed E-state index contributed by atoms with van der Waals surface area (Å²) in [6.07, 6.45) is 0.489. The fourth-order valence-electron chi connectivity index (χ4n) is 6.85. The van der Waals surface area contributed by atoms with Crippen LogP contribution in [0.4, 0.5) is 0 Å². The monoisotopic (exact) mass is 946 g/mol. The predicted molar refractivity (Wildman–Crippen MR) is 246 cm³/mol. The van der Waals surface area contributed by atoms with Crippen LogP contribution in [0.5, 0.6) is 0 Å². The molecule has 1 heterocycles. The largest absolute Gasteiger partial charge is 0.480 e. The Hall–Kier alpha value is -4.19. The van der Waals surface area contributed by atoms with Crippen molar-refractivity contribution < 1.29 is 53.4 Å². The summed E-state index contributed by atoms with van der Waals surface area (Å²) in [4.78, 5) is 120. The highest BCUT2D eigenvalue weighted by molar-refractivity contribution is 7.80. The molecule has 23 heteroatoms. The Labute approximate surface area is 387 Å². The third-order valence-electron chi connectivity index (χ3n) is 10.5. The van der Waals surface area contributed by atoms with Gasteiger partial charge in [-0.15, -0.1) is 0 Å². The molecule has 0 unspecified atom stereocenters. The number of carbonyl (C=O) groups is 9. The second kappa shape index (κ2) is 28.7. The van der Waals surface area contributed by atoms with Crippen LogP contribution in [0.3, 0.4) is 0 Å². The fraction of sp³-hybridized carbons (Fsp3) is 0.780. The SMILES string of the molecule is CC(C)C[C@H](NC(=O)[C@H](CC(C)C)NC(=O)[C@@H](N)CS)C(=O)N[C@@H](C)C(=O)N[C@@H](CCCCN)C(=O)N[C@H](C(=O)N[C@@H](CS)C(=O)N1CCC[C@H]1C(=O)N[C@H](C(=O)O)C(C)C)[C@@H](C)O. The lowest BCUT2D eigenvalue weighted by Gasteiger charge is -2.31. The van der Waals surface area contributed by atoms with Gasteiger partial charge in [-0.1, -0.05) is 41.5 Å². The van der Waals surface area contributed by atoms with Crippen LogP contribution in [0, 0.1) is 17.8 Å². The lowest BCUT2D eigenvalue weighted by molar-refractivity contribution is -0.145. The fourth-order valence-corrected chi connectivity index (χ4v) is 7.26. The minimum absolute atomic E-state index is 0.0138. The van der Waals surface area contributed by atoms with E-state index in [0.717, 1.165) is 0 Å². The molecule has 64 heavy (non-hydrogen) atoms. The molecule has 8 amide bonds. The van der Waals surface area contributed by atoms with E-state index in [1.807, 2.05) is 27.7 Å². The molecular formula is C41H74N10O11S2. The second-order valence-corrected chi connectivity index (χ2v) is 18.2. The lowest BCUT2D eigenvalue weighted by atomic mass is 9.99. The highest BCUT2D eigenvalue weighted by Crippen LogP contribution is 2.20. The summed E-state index contributed by atoms with van der Waals surface area (Å²) in [5.41, 5.74) is 11.5. The van der Waals surface area contributed by atoms with E-state index in [-0.39, 0.29) is 62.1 Å². The summed E-state index contributed by atoms with van der Waals surface area (Å²) in [6, 6.07) is -10.7. The van der Waals surface area contributed by atoms with Crippen LogP contribution in [-0.2, 0) is 43.2 Å². The van der Waals surface area contributed by atoms with Crippen molar-refractivity contribution >= 4 is 78.5 Å². The van der Waals surface area contributed by atoms with Gasteiger partial charge in [-0.3, -0.25) is 38.4 Å². The van der Waals surface area contributed by atoms with Gasteiger partial charge in [-0.25, -0.2) is 4.79 Å². The van der Waals surface area contributed by atoms with Crippen LogP contribution >= 0.6 is 25.3 Å². The molecule has 0 saturated carbocycles. The van der Waals surface area contributed by atoms with Crippen LogP contribution in [0.15, 0.2) is 0 Å². The van der Waals surface area contributed by atoms with Gasteiger partial charge in [-0.05, 0) is 83.1 Å². The summed E-state index contributed by atoms with van der Waals surface area (Å²) < 4.78 is 0. The highest BCUT2D eigenvalue weighted by Gasteiger charge is 2.40. The number of aliphatic hydroxyl groups excluding tert-OH is 1. The van der Waals surface area contributed by atoms with Gasteiger partial charge in [0.05, 0.1) is 12.1 Å². The van der Waals surface area contributed by atoms with Crippen molar-refractivity contribution in [1.29, 1.82) is 0 Å². The minimum Gasteiger partial charge on any atom is -0.480 e. The van der Waals surface area contributed by atoms with Crippen LogP contribution in [0.1, 0.15) is 100 Å². The van der Waals surface area contributed by atoms with E-state index in [0.29, 0.717) is 19.3 Å². The zero-order chi connectivity index (χ0) is 49.0. The first kappa shape index (κ1) is 57.8. The number of aliphatic hydroxyl groups is 1. The van der Waals surface area contributed by atoms with E-state index in [1.54, 1.807) is 13.8 Å². The summed E-state index contributed by atoms with van der Waals surface area (Å²) in [6.45, 7) is 13.7. The number of unbranched alkanes of at least 4 members (excludes halogenated alkanes) is 1. The van der Waals surface area contributed by atoms with Crippen LogP contribution in [0.2, 0.25) is 0 Å². The van der Waals surface area contributed by atoms with Crippen molar-refractivity contribution in [2.45, 2.75) is 161 Å². The van der Waals surface area contributed by atoms with Gasteiger partial charge in [0.1, 0.15) is 48.3 Å². The number of hydrogen-bond donors (Lipinski definition) is 13. The Balaban J connectivity index is 3.18. The van der Waals surface area contributed by atoms with E-state index in [2.05, 4.69) is 62.5 Å². The smallest absolute Gasteiger partial charge is 0.326 e. The number of thiol groups is 2. The molecule has 1 fully saturated rings. The summed E-state index contributed by atoms with van der Waals surface area (Å²) >= 11 is 8.27. The number of carbonyl (C=O) groups excluding carboxylic acids is 8. The predicted octanol–water partition coefficient (Wildman–Crippen LogP) is -2.08. The number of nitrogens with two attached hydrogens (primary N) is 2. The van der Waals surface area contributed by atoms with Gasteiger partial charge in [0.2, 0.25) is 47.3 Å². The summed E-state index contributed by atoms with van der Waals surface area (Å²) in [5.74, 6) is -7.80. The van der Waals surface area contributed by atoms with Gasteiger partial charge in [0.25, 0.3) is 0 Å². The molecule has 0 spiro atoms. The first-order valence-electron chi connectivity index (χ1n) is 21.9. The zero-order valence-electron chi connectivity index (χ0n) is 38.3. The number of nitrogens with zero attached hydrogens (tertiary/aromatic N) is 1. The third-order valence-corrected chi connectivity index (χ3v) is 11.2. The van der Waals surface area contributed by atoms with Gasteiger partial charge in [0, 0.05) is 18.1 Å². The molecule has 0 radical (unpaired) electrons. The average molecular weight is 947 g/mol. The van der Waals surface area contributed by atoms with Crippen LogP contribution in [-0.4, -0.2) is 153 Å². The molecule has 0 aliphatic carbocycles. The number of carboxylic acid groups (broad SMARTS) is 1. The molecular weight excluding hydrogens is 873 g/mol. The third kappa shape index (κ3) is 19.1. The van der Waals surface area contributed by atoms with Crippen LogP contribution in [0.25, 0.3) is 0 Å². The van der Waals surface area contributed by atoms with Crippen molar-refractivity contribution in [3.63, 3.8) is 0 Å². The number of nitrogens with one attached hydrogen (secondary N) is 7. The summed E-state index contributed by atoms with van der Waals surface area (Å²) in [5, 5.41) is 38.1. The number of hydrogen-bond acceptors (Lipinski definition) is 14. The van der Waals surface area contributed by atoms with E-state index < -0.39 is 120 Å². The molecule has 1 aliphatic heterocycles. The number of carboxylic acids is 1. The van der Waals surface area contributed by atoms with Gasteiger partial charge in [-0.2, -0.15) is 25.3 Å². The topological polar surface area (TPSA) is 334 Å². The zero-order valence-corrected chi connectivity index (χ0v) is 40.1. The number of aliphatic carboxylic acids is 1. The summed E-state index contributed by atoms with van der Waals surface area (Å²) in [7, 11) is 0. The standard InChI is InChI=1S/C41H74N10O11S2/c1-20(2)16-27(47-37(57)28(17-21(3)4)46-34(54)25(43)18-63)36(56)44-23(7)33(53)45-26(12-9-10-14-42)35(55)50-32(24(8)52)39(59)48-29(19-64)40(60)51-15-11-13-30(51)38(58)49-31(22(5)6)41(61)62/h20-32,52,63-64H,9-19,42-43H2,1-8H3,(H,44,56)(H,45,53)(H,46,54)(H,47,57)(H,48,59)(H,49,58)(H,50,55)(H,61,62)/t23-,24+,25-,26-,27-,28-,29-,30-,31-,32-/m0/s1. The first-order chi connectivity index (χ1) is 29.9. The number of rotatable bonds is 28. The molecule has 0 bridgehead atoms. The first-order valence-corrected chi connectivity index (χ1v) is 23.2. The van der Waals surface area contributed by atoms with Gasteiger partial charge in [0.15, 0.2) is 0 Å². The highest BCUT2D eigenvalue weighted by atomic mass is 32.1. The molecule has 1 rings (SSSR count). The normalized spacial score (nSPS) is 18.1. The lowest BCUT2D eigenvalue weighted by Crippen LogP contribution is -2.62. The molecule has 366 valence electrons. The van der Waals surface area contributed by atoms with E-state index >= 15 is 0 Å². The van der Waals surface area contributed by atoms with Crippen molar-refractivity contribution in [2.75, 3.05) is 24.6 Å². The molecule has 10 atom stereocenters. The number of amides is 8. The maximum absolute atomic E-state index is 13.8. The molecule has 0 aromatic carbocycles. The second-order valence-electron chi connectivity index (χ2n) is 17.5. The van der Waals surface area contributed by atoms with E-state index in [4.69, 9.17) is 11.5 Å². The number of likely N-dealkylation sites (tertiary alicyclic amines) is 1. The minimum atomic E-state index is -1.63. The average Bonchev–Trinajstić information content (AvgIpc) is 3.71. The van der Waals surface area contributed by atoms with Crippen molar-refractivity contribution in [3.05, 3.63) is 0 Å². The Bertz CT molecular complexity index is 1600. The molecule has 1 aliphatic rings. The van der Waals surface area contributed by atoms with Crippen molar-refractivity contribution in [3.8, 4) is 0 Å². The Morgan fingerprint density at radius 3 is 1.64 bits per heavy atom. The van der Waals surface area contributed by atoms with Gasteiger partial charge < -0.3 is 63.8 Å². The van der Waals surface area contributed by atoms with Crippen LogP contribution < -0.4 is 48.7 Å². The molecule has 21 nitrogen and oxygen atoms in total. The van der Waals surface area contributed by atoms with Crippen molar-refractivity contribution in [2.24, 2.45) is 29.2 Å². The molecule has 0 aromatic rings. The Kier molecular flexibility index (Phi) is 25.9. The molecule has 13 N–H and O–H groups in total.